The summed E-state index contributed by atoms with van der Waals surface area (Å²) in [4.78, 5) is 13.2. The minimum Gasteiger partial charge on any atom is -0.475 e. The first-order valence-electron chi connectivity index (χ1n) is 13.5. The molecule has 2 aromatic carbocycles. The molecule has 2 heterocycles. The summed E-state index contributed by atoms with van der Waals surface area (Å²) < 4.78 is 58.1. The number of ether oxygens (including phenoxy) is 1. The van der Waals surface area contributed by atoms with E-state index in [1.807, 2.05) is 19.1 Å². The molecule has 1 aliphatic heterocycles. The quantitative estimate of drug-likeness (QED) is 0.327. The number of aromatic nitrogens is 3. The van der Waals surface area contributed by atoms with Crippen molar-refractivity contribution in [3.8, 4) is 11.4 Å². The molecule has 0 fully saturated rings. The molecule has 15 heteroatoms. The van der Waals surface area contributed by atoms with Crippen molar-refractivity contribution in [2.45, 2.75) is 40.5 Å². The van der Waals surface area contributed by atoms with Crippen LogP contribution in [-0.2, 0) is 24.8 Å². The molecule has 0 amide bonds. The Balaban J connectivity index is 1.83. The van der Waals surface area contributed by atoms with Crippen molar-refractivity contribution in [1.29, 1.82) is 0 Å². The van der Waals surface area contributed by atoms with E-state index < -0.39 is 20.0 Å². The Morgan fingerprint density at radius 3 is 2.10 bits per heavy atom. The highest BCUT2D eigenvalue weighted by Gasteiger charge is 2.30. The van der Waals surface area contributed by atoms with E-state index in [1.54, 1.807) is 0 Å². The maximum Gasteiger partial charge on any atom is 0.263 e. The average Bonchev–Trinajstić information content (AvgIpc) is 3.42. The van der Waals surface area contributed by atoms with Gasteiger partial charge < -0.3 is 9.64 Å². The Morgan fingerprint density at radius 1 is 0.952 bits per heavy atom. The van der Waals surface area contributed by atoms with Crippen molar-refractivity contribution in [2.75, 3.05) is 46.6 Å². The number of rotatable bonds is 11. The molecule has 13 nitrogen and oxygen atoms in total. The van der Waals surface area contributed by atoms with Crippen molar-refractivity contribution < 1.29 is 21.6 Å². The van der Waals surface area contributed by atoms with E-state index >= 15 is 0 Å². The summed E-state index contributed by atoms with van der Waals surface area (Å²) in [7, 11) is -7.29. The fraction of sp³-hybridized carbons (Fsp3) is 0.407. The number of nitrogens with one attached hydrogen (secondary N) is 2. The zero-order valence-corrected chi connectivity index (χ0v) is 26.3. The van der Waals surface area contributed by atoms with Crippen LogP contribution in [0.2, 0.25) is 0 Å². The van der Waals surface area contributed by atoms with Gasteiger partial charge >= 0.3 is 0 Å². The fourth-order valence-corrected chi connectivity index (χ4v) is 5.61. The van der Waals surface area contributed by atoms with E-state index in [-0.39, 0.29) is 29.0 Å². The third kappa shape index (κ3) is 7.26. The zero-order chi connectivity index (χ0) is 30.8. The maximum absolute atomic E-state index is 11.9. The van der Waals surface area contributed by atoms with Gasteiger partial charge in [-0.05, 0) is 68.7 Å². The maximum atomic E-state index is 11.9. The molecule has 0 spiro atoms. The summed E-state index contributed by atoms with van der Waals surface area (Å²) >= 11 is 0. The number of anilines is 3. The number of aliphatic imine (C=N–C) groups is 1. The smallest absolute Gasteiger partial charge is 0.263 e. The Hall–Kier alpha value is -3.98. The minimum atomic E-state index is -3.65. The number of sulfonamides is 2. The SMILES string of the molecule is CCOC1=Nn2nc(-c3cc(NS(C)(=O)=O)cc(NS(C)(=O)=O)c3)nc2C1=Nc1ccc(N(CC)CC)cc1C(C)C. The predicted molar refractivity (Wildman–Crippen MR) is 167 cm³/mol. The lowest BCUT2D eigenvalue weighted by Gasteiger charge is -2.23. The molecule has 0 saturated heterocycles. The molecule has 0 bridgehead atoms. The molecule has 42 heavy (non-hydrogen) atoms. The number of hydrogen-bond acceptors (Lipinski definition) is 10. The summed E-state index contributed by atoms with van der Waals surface area (Å²) in [5, 5.41) is 8.92. The first kappa shape index (κ1) is 31.0. The van der Waals surface area contributed by atoms with Crippen molar-refractivity contribution in [2.24, 2.45) is 10.1 Å². The van der Waals surface area contributed by atoms with E-state index in [0.717, 1.165) is 42.5 Å². The third-order valence-corrected chi connectivity index (χ3v) is 7.48. The monoisotopic (exact) mass is 616 g/mol. The van der Waals surface area contributed by atoms with Gasteiger partial charge in [-0.3, -0.25) is 9.44 Å². The van der Waals surface area contributed by atoms with Gasteiger partial charge in [0.15, 0.2) is 11.5 Å². The molecule has 2 N–H and O–H groups in total. The number of benzene rings is 2. The van der Waals surface area contributed by atoms with Gasteiger partial charge in [0.05, 0.1) is 36.2 Å². The summed E-state index contributed by atoms with van der Waals surface area (Å²) in [6, 6.07) is 10.5. The van der Waals surface area contributed by atoms with E-state index in [0.29, 0.717) is 23.7 Å². The molecule has 0 unspecified atom stereocenters. The van der Waals surface area contributed by atoms with Gasteiger partial charge in [0.2, 0.25) is 25.9 Å². The van der Waals surface area contributed by atoms with Crippen LogP contribution in [0.3, 0.4) is 0 Å². The van der Waals surface area contributed by atoms with Crippen LogP contribution in [0.15, 0.2) is 46.5 Å². The summed E-state index contributed by atoms with van der Waals surface area (Å²) in [6.07, 6.45) is 2.00. The second-order valence-corrected chi connectivity index (χ2v) is 13.6. The molecule has 0 aliphatic carbocycles. The van der Waals surface area contributed by atoms with Crippen molar-refractivity contribution in [1.82, 2.24) is 14.9 Å². The molecule has 4 rings (SSSR count). The second kappa shape index (κ2) is 12.1. The van der Waals surface area contributed by atoms with Gasteiger partial charge in [0.1, 0.15) is 0 Å². The minimum absolute atomic E-state index is 0.137. The van der Waals surface area contributed by atoms with Crippen molar-refractivity contribution in [3.05, 3.63) is 47.8 Å². The largest absolute Gasteiger partial charge is 0.475 e. The van der Waals surface area contributed by atoms with Crippen LogP contribution in [0.5, 0.6) is 0 Å². The highest BCUT2D eigenvalue weighted by Crippen LogP contribution is 2.33. The lowest BCUT2D eigenvalue weighted by atomic mass is 10.00. The van der Waals surface area contributed by atoms with E-state index in [1.165, 1.54) is 23.0 Å². The normalized spacial score (nSPS) is 14.2. The molecule has 1 aromatic heterocycles. The first-order chi connectivity index (χ1) is 19.7. The Morgan fingerprint density at radius 2 is 1.57 bits per heavy atom. The second-order valence-electron chi connectivity index (χ2n) is 10.1. The summed E-state index contributed by atoms with van der Waals surface area (Å²) in [5.74, 6) is 0.975. The van der Waals surface area contributed by atoms with E-state index in [2.05, 4.69) is 63.3 Å². The summed E-state index contributed by atoms with van der Waals surface area (Å²) in [6.45, 7) is 12.4. The number of hydrogen-bond donors (Lipinski definition) is 2. The highest BCUT2D eigenvalue weighted by molar-refractivity contribution is 7.92. The van der Waals surface area contributed by atoms with Gasteiger partial charge in [-0.25, -0.2) is 26.8 Å². The standard InChI is InChI=1S/C27H36N8O5S2/c1-8-34(9-2)21-11-12-23(22(16-21)17(4)5)28-24-26-29-25(30-35(26)31-27(24)40-10-3)18-13-19(32-41(6,36)37)15-20(14-18)33-42(7,38)39/h11-17,32-33H,8-10H2,1-7H3. The van der Waals surface area contributed by atoms with Crippen LogP contribution in [0, 0.1) is 0 Å². The van der Waals surface area contributed by atoms with Crippen molar-refractivity contribution in [3.63, 3.8) is 0 Å². The number of fused-ring (bicyclic) bond motifs is 1. The third-order valence-electron chi connectivity index (χ3n) is 6.26. The molecule has 3 aromatic rings. The highest BCUT2D eigenvalue weighted by atomic mass is 32.2. The number of nitrogens with zero attached hydrogens (tertiary/aromatic N) is 6. The lowest BCUT2D eigenvalue weighted by molar-refractivity contribution is 0.332. The van der Waals surface area contributed by atoms with Gasteiger partial charge in [0.25, 0.3) is 5.90 Å². The van der Waals surface area contributed by atoms with Crippen LogP contribution in [0.1, 0.15) is 51.9 Å². The van der Waals surface area contributed by atoms with Gasteiger partial charge in [-0.15, -0.1) is 15.0 Å². The average molecular weight is 617 g/mol. The van der Waals surface area contributed by atoms with E-state index in [9.17, 15) is 16.8 Å². The van der Waals surface area contributed by atoms with Crippen molar-refractivity contribution >= 4 is 54.4 Å². The Labute approximate surface area is 246 Å². The molecule has 1 aliphatic rings. The Kier molecular flexibility index (Phi) is 8.92. The van der Waals surface area contributed by atoms with Gasteiger partial charge in [-0.1, -0.05) is 13.8 Å². The van der Waals surface area contributed by atoms with Crippen LogP contribution >= 0.6 is 0 Å². The lowest BCUT2D eigenvalue weighted by Crippen LogP contribution is -2.21. The van der Waals surface area contributed by atoms with E-state index in [4.69, 9.17) is 9.73 Å². The molecule has 0 atom stereocenters. The van der Waals surface area contributed by atoms with Crippen LogP contribution in [0.4, 0.5) is 22.7 Å². The summed E-state index contributed by atoms with van der Waals surface area (Å²) in [5.41, 5.74) is 3.95. The van der Waals surface area contributed by atoms with Crippen LogP contribution < -0.4 is 14.3 Å². The van der Waals surface area contributed by atoms with Gasteiger partial charge in [0, 0.05) is 24.3 Å². The zero-order valence-electron chi connectivity index (χ0n) is 24.7. The molecule has 0 saturated carbocycles. The van der Waals surface area contributed by atoms with Gasteiger partial charge in [-0.2, -0.15) is 0 Å². The Bertz CT molecular complexity index is 1710. The molecular weight excluding hydrogens is 580 g/mol. The predicted octanol–water partition coefficient (Wildman–Crippen LogP) is 3.99. The topological polar surface area (TPSA) is 160 Å². The first-order valence-corrected chi connectivity index (χ1v) is 17.3. The van der Waals surface area contributed by atoms with Crippen LogP contribution in [0.25, 0.3) is 11.4 Å². The molecule has 226 valence electrons. The molecule has 0 radical (unpaired) electrons. The molecular formula is C27H36N8O5S2. The van der Waals surface area contributed by atoms with Crippen LogP contribution in [-0.4, -0.2) is 75.5 Å². The fourth-order valence-electron chi connectivity index (χ4n) is 4.52.